The average molecular weight is 395 g/mol. The Hall–Kier alpha value is -2.17. The number of carbonyl (C=O) groups excluding carboxylic acids is 3. The summed E-state index contributed by atoms with van der Waals surface area (Å²) in [4.78, 5) is 39.3. The monoisotopic (exact) mass is 395 g/mol. The first-order valence-electron chi connectivity index (χ1n) is 8.47. The van der Waals surface area contributed by atoms with Gasteiger partial charge >= 0.3 is 6.03 Å². The van der Waals surface area contributed by atoms with Gasteiger partial charge in [-0.25, -0.2) is 9.18 Å². The second kappa shape index (κ2) is 7.83. The summed E-state index contributed by atoms with van der Waals surface area (Å²) < 4.78 is 13.7. The van der Waals surface area contributed by atoms with Crippen molar-refractivity contribution in [1.82, 2.24) is 25.8 Å². The molecule has 2 heterocycles. The lowest BCUT2D eigenvalue weighted by atomic mass is 9.96. The maximum absolute atomic E-state index is 13.7. The number of rotatable bonds is 4. The first kappa shape index (κ1) is 19.6. The molecule has 0 aromatic heterocycles. The summed E-state index contributed by atoms with van der Waals surface area (Å²) in [5, 5.41) is 8.62. The van der Waals surface area contributed by atoms with Gasteiger partial charge in [-0.1, -0.05) is 12.1 Å². The molecule has 0 bridgehead atoms. The third-order valence-electron chi connectivity index (χ3n) is 4.81. The van der Waals surface area contributed by atoms with Gasteiger partial charge in [0.25, 0.3) is 0 Å². The SMILES string of the molecule is CNC(=O)CSC1NC(c2cccc(F)c2)NC2C1C(=O)N(C)C(=O)N2C. The third kappa shape index (κ3) is 3.78. The molecule has 146 valence electrons. The first-order valence-corrected chi connectivity index (χ1v) is 9.52. The number of halogens is 1. The molecular weight excluding hydrogens is 373 g/mol. The number of fused-ring (bicyclic) bond motifs is 1. The van der Waals surface area contributed by atoms with Crippen LogP contribution in [-0.4, -0.2) is 66.1 Å². The molecule has 2 fully saturated rings. The molecule has 0 saturated carbocycles. The fraction of sp³-hybridized carbons (Fsp3) is 0.471. The van der Waals surface area contributed by atoms with E-state index < -0.39 is 29.7 Å². The molecule has 4 amide bonds. The van der Waals surface area contributed by atoms with Crippen molar-refractivity contribution in [1.29, 1.82) is 0 Å². The Kier molecular flexibility index (Phi) is 5.68. The van der Waals surface area contributed by atoms with Crippen molar-refractivity contribution in [2.75, 3.05) is 26.9 Å². The maximum Gasteiger partial charge on any atom is 0.327 e. The molecule has 27 heavy (non-hydrogen) atoms. The summed E-state index contributed by atoms with van der Waals surface area (Å²) in [5.41, 5.74) is 0.645. The lowest BCUT2D eigenvalue weighted by molar-refractivity contribution is -0.140. The molecule has 4 unspecified atom stereocenters. The topological polar surface area (TPSA) is 93.8 Å². The van der Waals surface area contributed by atoms with Gasteiger partial charge in [-0.2, -0.15) is 0 Å². The number of benzene rings is 1. The fourth-order valence-electron chi connectivity index (χ4n) is 3.31. The number of amides is 4. The second-order valence-electron chi connectivity index (χ2n) is 6.49. The van der Waals surface area contributed by atoms with Gasteiger partial charge < -0.3 is 10.2 Å². The van der Waals surface area contributed by atoms with Crippen molar-refractivity contribution in [3.8, 4) is 0 Å². The van der Waals surface area contributed by atoms with E-state index in [1.54, 1.807) is 26.2 Å². The van der Waals surface area contributed by atoms with Crippen LogP contribution in [0.15, 0.2) is 24.3 Å². The molecule has 3 N–H and O–H groups in total. The molecule has 10 heteroatoms. The van der Waals surface area contributed by atoms with Crippen LogP contribution >= 0.6 is 11.8 Å². The molecule has 1 aromatic rings. The average Bonchev–Trinajstić information content (AvgIpc) is 2.68. The zero-order valence-corrected chi connectivity index (χ0v) is 16.0. The summed E-state index contributed by atoms with van der Waals surface area (Å²) in [6.07, 6.45) is -1.05. The number of urea groups is 1. The zero-order valence-electron chi connectivity index (χ0n) is 15.2. The Labute approximate surface area is 160 Å². The van der Waals surface area contributed by atoms with Crippen LogP contribution in [0.25, 0.3) is 0 Å². The minimum absolute atomic E-state index is 0.155. The molecule has 8 nitrogen and oxygen atoms in total. The van der Waals surface area contributed by atoms with E-state index in [0.717, 1.165) is 4.90 Å². The Morgan fingerprint density at radius 3 is 2.70 bits per heavy atom. The van der Waals surface area contributed by atoms with E-state index in [2.05, 4.69) is 16.0 Å². The Balaban J connectivity index is 1.91. The largest absolute Gasteiger partial charge is 0.358 e. The van der Waals surface area contributed by atoms with Crippen LogP contribution in [0.5, 0.6) is 0 Å². The highest BCUT2D eigenvalue weighted by Crippen LogP contribution is 2.34. The van der Waals surface area contributed by atoms with E-state index in [4.69, 9.17) is 0 Å². The minimum atomic E-state index is -0.586. The van der Waals surface area contributed by atoms with E-state index >= 15 is 0 Å². The highest BCUT2D eigenvalue weighted by atomic mass is 32.2. The summed E-state index contributed by atoms with van der Waals surface area (Å²) in [5.74, 6) is -1.30. The normalized spacial score (nSPS) is 28.1. The third-order valence-corrected chi connectivity index (χ3v) is 6.03. The molecule has 0 spiro atoms. The highest BCUT2D eigenvalue weighted by Gasteiger charge is 2.51. The lowest BCUT2D eigenvalue weighted by Gasteiger charge is -2.50. The smallest absolute Gasteiger partial charge is 0.327 e. The van der Waals surface area contributed by atoms with E-state index in [-0.39, 0.29) is 23.4 Å². The van der Waals surface area contributed by atoms with Crippen LogP contribution in [-0.2, 0) is 9.59 Å². The summed E-state index contributed by atoms with van der Waals surface area (Å²) in [7, 11) is 4.60. The summed E-state index contributed by atoms with van der Waals surface area (Å²) in [6, 6.07) is 5.68. The van der Waals surface area contributed by atoms with Crippen molar-refractivity contribution in [2.45, 2.75) is 17.7 Å². The lowest BCUT2D eigenvalue weighted by Crippen LogP contribution is -2.72. The standard InChI is InChI=1S/C17H22FN5O3S/c1-19-11(24)8-27-15-12-14(22(2)17(26)23(3)16(12)25)20-13(21-15)9-5-4-6-10(18)7-9/h4-7,12-15,20-21H,8H2,1-3H3,(H,19,24). The van der Waals surface area contributed by atoms with Crippen LogP contribution in [0.3, 0.4) is 0 Å². The Bertz CT molecular complexity index is 764. The van der Waals surface area contributed by atoms with Gasteiger partial charge in [0.05, 0.1) is 29.4 Å². The van der Waals surface area contributed by atoms with Crippen molar-refractivity contribution < 1.29 is 18.8 Å². The summed E-state index contributed by atoms with van der Waals surface area (Å²) in [6.45, 7) is 0. The molecule has 3 rings (SSSR count). The van der Waals surface area contributed by atoms with Crippen LogP contribution < -0.4 is 16.0 Å². The summed E-state index contributed by atoms with van der Waals surface area (Å²) >= 11 is 1.29. The second-order valence-corrected chi connectivity index (χ2v) is 7.62. The predicted octanol–water partition coefficient (Wildman–Crippen LogP) is 0.288. The first-order chi connectivity index (χ1) is 12.8. The zero-order chi connectivity index (χ0) is 19.7. The Morgan fingerprint density at radius 1 is 1.30 bits per heavy atom. The number of hydrogen-bond acceptors (Lipinski definition) is 6. The highest BCUT2D eigenvalue weighted by molar-refractivity contribution is 8.00. The molecule has 1 aromatic carbocycles. The van der Waals surface area contributed by atoms with Gasteiger partial charge in [0, 0.05) is 21.1 Å². The fourth-order valence-corrected chi connectivity index (χ4v) is 4.49. The van der Waals surface area contributed by atoms with E-state index in [1.165, 1.54) is 35.8 Å². The van der Waals surface area contributed by atoms with Gasteiger partial charge in [0.2, 0.25) is 11.8 Å². The van der Waals surface area contributed by atoms with E-state index in [9.17, 15) is 18.8 Å². The van der Waals surface area contributed by atoms with Crippen molar-refractivity contribution in [3.63, 3.8) is 0 Å². The van der Waals surface area contributed by atoms with Crippen molar-refractivity contribution in [3.05, 3.63) is 35.6 Å². The predicted molar refractivity (Wildman–Crippen MR) is 98.9 cm³/mol. The number of nitrogens with zero attached hydrogens (tertiary/aromatic N) is 2. The maximum atomic E-state index is 13.7. The number of imide groups is 1. The number of hydrogen-bond donors (Lipinski definition) is 3. The van der Waals surface area contributed by atoms with Crippen LogP contribution in [0, 0.1) is 11.7 Å². The Morgan fingerprint density at radius 2 is 2.04 bits per heavy atom. The van der Waals surface area contributed by atoms with Gasteiger partial charge in [-0.15, -0.1) is 11.8 Å². The quantitative estimate of drug-likeness (QED) is 0.679. The molecule has 4 atom stereocenters. The van der Waals surface area contributed by atoms with Crippen LogP contribution in [0.1, 0.15) is 11.7 Å². The molecule has 2 aliphatic rings. The van der Waals surface area contributed by atoms with Gasteiger partial charge in [0.1, 0.15) is 5.82 Å². The van der Waals surface area contributed by atoms with Gasteiger partial charge in [0.15, 0.2) is 0 Å². The number of nitrogens with one attached hydrogen (secondary N) is 3. The minimum Gasteiger partial charge on any atom is -0.358 e. The van der Waals surface area contributed by atoms with Crippen LogP contribution in [0.4, 0.5) is 9.18 Å². The van der Waals surface area contributed by atoms with Crippen molar-refractivity contribution >= 4 is 29.6 Å². The van der Waals surface area contributed by atoms with Crippen molar-refractivity contribution in [2.24, 2.45) is 5.92 Å². The molecule has 0 radical (unpaired) electrons. The molecule has 2 saturated heterocycles. The van der Waals surface area contributed by atoms with E-state index in [0.29, 0.717) is 5.56 Å². The molecule has 2 aliphatic heterocycles. The number of carbonyl (C=O) groups is 3. The molecule has 0 aliphatic carbocycles. The van der Waals surface area contributed by atoms with Gasteiger partial charge in [-0.3, -0.25) is 25.1 Å². The van der Waals surface area contributed by atoms with E-state index in [1.807, 2.05) is 0 Å². The van der Waals surface area contributed by atoms with Crippen LogP contribution in [0.2, 0.25) is 0 Å². The van der Waals surface area contributed by atoms with Gasteiger partial charge in [-0.05, 0) is 17.7 Å². The number of thioether (sulfide) groups is 1. The molecular formula is C17H22FN5O3S.